The summed E-state index contributed by atoms with van der Waals surface area (Å²) in [6.07, 6.45) is 0. The Balaban J connectivity index is 3.18. The van der Waals surface area contributed by atoms with Crippen molar-refractivity contribution < 1.29 is 24.0 Å². The van der Waals surface area contributed by atoms with Crippen LogP contribution in [-0.4, -0.2) is 40.4 Å². The molecular weight excluding hydrogens is 283 g/mol. The number of nitrogens with zero attached hydrogens (tertiary/aromatic N) is 2. The van der Waals surface area contributed by atoms with E-state index in [0.717, 1.165) is 17.0 Å². The monoisotopic (exact) mass is 298 g/mol. The lowest BCUT2D eigenvalue weighted by Gasteiger charge is -2.19. The van der Waals surface area contributed by atoms with E-state index in [9.17, 15) is 24.1 Å². The highest BCUT2D eigenvalue weighted by molar-refractivity contribution is 5.98. The topological polar surface area (TPSA) is 101 Å². The summed E-state index contributed by atoms with van der Waals surface area (Å²) in [6, 6.07) is 1.75. The summed E-state index contributed by atoms with van der Waals surface area (Å²) in [5.41, 5.74) is -0.836. The van der Waals surface area contributed by atoms with Crippen LogP contribution in [0.3, 0.4) is 0 Å². The molecule has 0 radical (unpaired) electrons. The molecule has 0 heterocycles. The Labute approximate surface area is 120 Å². The molecule has 1 aromatic rings. The number of aryl methyl sites for hydroxylation is 1. The molecule has 0 aliphatic carbocycles. The molecule has 0 fully saturated rings. The molecule has 0 bridgehead atoms. The molecule has 0 aromatic heterocycles. The largest absolute Gasteiger partial charge is 0.481 e. The van der Waals surface area contributed by atoms with E-state index in [4.69, 9.17) is 5.11 Å². The molecule has 0 saturated heterocycles. The first kappa shape index (κ1) is 16.5. The van der Waals surface area contributed by atoms with Crippen molar-refractivity contribution in [2.45, 2.75) is 13.8 Å². The van der Waals surface area contributed by atoms with Crippen LogP contribution in [0, 0.1) is 28.8 Å². The van der Waals surface area contributed by atoms with Crippen molar-refractivity contribution in [1.82, 2.24) is 4.90 Å². The molecule has 1 unspecified atom stereocenters. The van der Waals surface area contributed by atoms with Gasteiger partial charge in [-0.2, -0.15) is 0 Å². The summed E-state index contributed by atoms with van der Waals surface area (Å²) in [5, 5.41) is 19.8. The van der Waals surface area contributed by atoms with Gasteiger partial charge in [-0.15, -0.1) is 0 Å². The van der Waals surface area contributed by atoms with Gasteiger partial charge in [0, 0.05) is 19.2 Å². The summed E-state index contributed by atoms with van der Waals surface area (Å²) in [7, 11) is 1.31. The van der Waals surface area contributed by atoms with E-state index in [1.54, 1.807) is 0 Å². The molecule has 1 amide bonds. The highest BCUT2D eigenvalue weighted by Crippen LogP contribution is 2.26. The van der Waals surface area contributed by atoms with Gasteiger partial charge in [0.2, 0.25) is 0 Å². The van der Waals surface area contributed by atoms with E-state index in [0.29, 0.717) is 0 Å². The van der Waals surface area contributed by atoms with Crippen LogP contribution in [0.15, 0.2) is 12.1 Å². The number of carboxylic acids is 1. The Morgan fingerprint density at radius 3 is 2.52 bits per heavy atom. The van der Waals surface area contributed by atoms with Gasteiger partial charge in [0.05, 0.1) is 10.8 Å². The van der Waals surface area contributed by atoms with Gasteiger partial charge in [-0.05, 0) is 19.1 Å². The SMILES string of the molecule is Cc1cc(F)cc(C(=O)N(C)CC(C)C(=O)O)c1[N+](=O)[O-]. The number of nitro benzene ring substituents is 1. The van der Waals surface area contributed by atoms with E-state index in [2.05, 4.69) is 0 Å². The van der Waals surface area contributed by atoms with Crippen molar-refractivity contribution in [3.05, 3.63) is 39.2 Å². The molecule has 8 heteroatoms. The Bertz CT molecular complexity index is 602. The zero-order chi connectivity index (χ0) is 16.3. The van der Waals surface area contributed by atoms with Gasteiger partial charge < -0.3 is 10.0 Å². The van der Waals surface area contributed by atoms with Crippen molar-refractivity contribution >= 4 is 17.6 Å². The maximum absolute atomic E-state index is 13.4. The molecule has 0 saturated carbocycles. The van der Waals surface area contributed by atoms with Crippen molar-refractivity contribution in [1.29, 1.82) is 0 Å². The van der Waals surface area contributed by atoms with Gasteiger partial charge in [-0.25, -0.2) is 4.39 Å². The van der Waals surface area contributed by atoms with Crippen molar-refractivity contribution in [3.63, 3.8) is 0 Å². The minimum atomic E-state index is -1.10. The number of nitro groups is 1. The van der Waals surface area contributed by atoms with E-state index < -0.39 is 39.8 Å². The summed E-state index contributed by atoms with van der Waals surface area (Å²) < 4.78 is 13.4. The fraction of sp³-hybridized carbons (Fsp3) is 0.385. The lowest BCUT2D eigenvalue weighted by Crippen LogP contribution is -2.34. The number of aliphatic carboxylic acids is 1. The minimum absolute atomic E-state index is 0.0306. The molecule has 1 rings (SSSR count). The predicted molar refractivity (Wildman–Crippen MR) is 71.6 cm³/mol. The van der Waals surface area contributed by atoms with Gasteiger partial charge in [-0.1, -0.05) is 6.92 Å². The molecule has 114 valence electrons. The van der Waals surface area contributed by atoms with E-state index in [-0.39, 0.29) is 12.1 Å². The number of carbonyl (C=O) groups is 2. The minimum Gasteiger partial charge on any atom is -0.481 e. The van der Waals surface area contributed by atoms with E-state index >= 15 is 0 Å². The van der Waals surface area contributed by atoms with Crippen molar-refractivity contribution in [2.24, 2.45) is 5.92 Å². The summed E-state index contributed by atoms with van der Waals surface area (Å²) in [6.45, 7) is 2.59. The van der Waals surface area contributed by atoms with Gasteiger partial charge >= 0.3 is 5.97 Å². The van der Waals surface area contributed by atoms with Crippen molar-refractivity contribution in [3.8, 4) is 0 Å². The number of halogens is 1. The standard InChI is InChI=1S/C13H15FN2O5/c1-7-4-9(14)5-10(11(7)16(20)21)12(17)15(3)6-8(2)13(18)19/h4-5,8H,6H2,1-3H3,(H,18,19). The fourth-order valence-corrected chi connectivity index (χ4v) is 1.92. The number of hydrogen-bond acceptors (Lipinski definition) is 4. The maximum atomic E-state index is 13.4. The lowest BCUT2D eigenvalue weighted by molar-refractivity contribution is -0.385. The smallest absolute Gasteiger partial charge is 0.308 e. The Hall–Kier alpha value is -2.51. The molecule has 1 atom stereocenters. The number of hydrogen-bond donors (Lipinski definition) is 1. The third-order valence-electron chi connectivity index (χ3n) is 2.99. The summed E-state index contributed by atoms with van der Waals surface area (Å²) >= 11 is 0. The second-order valence-electron chi connectivity index (χ2n) is 4.80. The normalized spacial score (nSPS) is 11.8. The summed E-state index contributed by atoms with van der Waals surface area (Å²) in [5.74, 6) is -3.49. The molecular formula is C13H15FN2O5. The molecule has 0 spiro atoms. The van der Waals surface area contributed by atoms with Gasteiger partial charge in [0.1, 0.15) is 11.4 Å². The Kier molecular flexibility index (Phi) is 4.96. The Morgan fingerprint density at radius 2 is 2.05 bits per heavy atom. The number of carboxylic acid groups (broad SMARTS) is 1. The third-order valence-corrected chi connectivity index (χ3v) is 2.99. The quantitative estimate of drug-likeness (QED) is 0.660. The number of carbonyl (C=O) groups excluding carboxylic acids is 1. The third kappa shape index (κ3) is 3.74. The van der Waals surface area contributed by atoms with Crippen LogP contribution in [0.4, 0.5) is 10.1 Å². The first-order chi connectivity index (χ1) is 9.65. The number of amides is 1. The first-order valence-electron chi connectivity index (χ1n) is 6.08. The van der Waals surface area contributed by atoms with Crippen LogP contribution >= 0.6 is 0 Å². The molecule has 1 N–H and O–H groups in total. The zero-order valence-electron chi connectivity index (χ0n) is 11.8. The average Bonchev–Trinajstić information content (AvgIpc) is 2.35. The van der Waals surface area contributed by atoms with E-state index in [1.165, 1.54) is 20.9 Å². The zero-order valence-corrected chi connectivity index (χ0v) is 11.8. The number of benzene rings is 1. The second kappa shape index (κ2) is 6.29. The van der Waals surface area contributed by atoms with Crippen LogP contribution < -0.4 is 0 Å². The van der Waals surface area contributed by atoms with Gasteiger partial charge in [0.15, 0.2) is 0 Å². The lowest BCUT2D eigenvalue weighted by atomic mass is 10.1. The maximum Gasteiger partial charge on any atom is 0.308 e. The highest BCUT2D eigenvalue weighted by atomic mass is 19.1. The predicted octanol–water partition coefficient (Wildman–Crippen LogP) is 1.84. The van der Waals surface area contributed by atoms with Gasteiger partial charge in [-0.3, -0.25) is 19.7 Å². The van der Waals surface area contributed by atoms with Crippen LogP contribution in [0.25, 0.3) is 0 Å². The van der Waals surface area contributed by atoms with Crippen LogP contribution in [0.2, 0.25) is 0 Å². The van der Waals surface area contributed by atoms with Crippen molar-refractivity contribution in [2.75, 3.05) is 13.6 Å². The molecule has 0 aliphatic heterocycles. The second-order valence-corrected chi connectivity index (χ2v) is 4.80. The molecule has 1 aromatic carbocycles. The molecule has 21 heavy (non-hydrogen) atoms. The number of rotatable bonds is 5. The first-order valence-corrected chi connectivity index (χ1v) is 6.08. The van der Waals surface area contributed by atoms with E-state index in [1.807, 2.05) is 0 Å². The molecule has 7 nitrogen and oxygen atoms in total. The highest BCUT2D eigenvalue weighted by Gasteiger charge is 2.27. The van der Waals surface area contributed by atoms with Crippen LogP contribution in [0.5, 0.6) is 0 Å². The Morgan fingerprint density at radius 1 is 1.48 bits per heavy atom. The van der Waals surface area contributed by atoms with Crippen LogP contribution in [0.1, 0.15) is 22.8 Å². The fourth-order valence-electron chi connectivity index (χ4n) is 1.92. The van der Waals surface area contributed by atoms with Crippen LogP contribution in [-0.2, 0) is 4.79 Å². The summed E-state index contributed by atoms with van der Waals surface area (Å²) in [4.78, 5) is 34.3. The van der Waals surface area contributed by atoms with Gasteiger partial charge in [0.25, 0.3) is 11.6 Å². The molecule has 0 aliphatic rings. The average molecular weight is 298 g/mol.